The van der Waals surface area contributed by atoms with E-state index in [0.717, 1.165) is 12.1 Å². The van der Waals surface area contributed by atoms with Gasteiger partial charge in [-0.25, -0.2) is 0 Å². The van der Waals surface area contributed by atoms with Gasteiger partial charge in [0.05, 0.1) is 0 Å². The van der Waals surface area contributed by atoms with E-state index in [1.807, 2.05) is 36.4 Å². The van der Waals surface area contributed by atoms with Crippen molar-refractivity contribution in [2.75, 3.05) is 13.2 Å². The van der Waals surface area contributed by atoms with Crippen molar-refractivity contribution >= 4 is 18.4 Å². The molecule has 0 atom stereocenters. The zero-order valence-electron chi connectivity index (χ0n) is 11.0. The van der Waals surface area contributed by atoms with Crippen molar-refractivity contribution in [3.63, 3.8) is 0 Å². The summed E-state index contributed by atoms with van der Waals surface area (Å²) >= 11 is 0. The second kappa shape index (κ2) is 6.66. The maximum atomic E-state index is 9.50. The number of benzene rings is 2. The van der Waals surface area contributed by atoms with Crippen molar-refractivity contribution in [2.24, 2.45) is 0 Å². The maximum Gasteiger partial charge on any atom is 0.122 e. The van der Waals surface area contributed by atoms with Crippen molar-refractivity contribution in [2.45, 2.75) is 12.1 Å². The summed E-state index contributed by atoms with van der Waals surface area (Å²) in [5.74, 6) is 0. The van der Waals surface area contributed by atoms with E-state index in [9.17, 15) is 10.2 Å². The highest BCUT2D eigenvalue weighted by atomic mass is 28.3. The molecule has 0 aliphatic heterocycles. The van der Waals surface area contributed by atoms with Crippen LogP contribution in [0.1, 0.15) is 0 Å². The van der Waals surface area contributed by atoms with E-state index in [1.54, 1.807) is 0 Å². The van der Waals surface area contributed by atoms with Gasteiger partial charge in [-0.3, -0.25) is 0 Å². The second-order valence-electron chi connectivity index (χ2n) is 4.76. The molecule has 0 aliphatic rings. The molecule has 19 heavy (non-hydrogen) atoms. The molecule has 0 saturated heterocycles. The van der Waals surface area contributed by atoms with Crippen LogP contribution in [0.15, 0.2) is 60.7 Å². The summed E-state index contributed by atoms with van der Waals surface area (Å²) in [6.07, 6.45) is 0. The molecule has 3 heteroatoms. The standard InChI is InChI=1S/C16H20O2Si/c17-11-13-19(14-12-18,15-7-3-1-4-8-15)16-9-5-2-6-10-16/h1-10,17-18H,11-14H2. The van der Waals surface area contributed by atoms with Crippen LogP contribution in [0, 0.1) is 0 Å². The van der Waals surface area contributed by atoms with Crippen LogP contribution in [0.25, 0.3) is 0 Å². The highest BCUT2D eigenvalue weighted by Crippen LogP contribution is 2.16. The van der Waals surface area contributed by atoms with Crippen LogP contribution in [0.5, 0.6) is 0 Å². The molecule has 100 valence electrons. The Morgan fingerprint density at radius 2 is 1.00 bits per heavy atom. The van der Waals surface area contributed by atoms with E-state index in [2.05, 4.69) is 24.3 Å². The van der Waals surface area contributed by atoms with Crippen LogP contribution in [0.2, 0.25) is 12.1 Å². The van der Waals surface area contributed by atoms with Gasteiger partial charge in [0.15, 0.2) is 0 Å². The quantitative estimate of drug-likeness (QED) is 0.777. The van der Waals surface area contributed by atoms with Crippen molar-refractivity contribution < 1.29 is 10.2 Å². The summed E-state index contributed by atoms with van der Waals surface area (Å²) in [4.78, 5) is 0. The fraction of sp³-hybridized carbons (Fsp3) is 0.250. The number of hydrogen-bond donors (Lipinski definition) is 2. The SMILES string of the molecule is OCC[Si](CCO)(c1ccccc1)c1ccccc1. The summed E-state index contributed by atoms with van der Waals surface area (Å²) in [7, 11) is -2.05. The lowest BCUT2D eigenvalue weighted by molar-refractivity contribution is 0.309. The van der Waals surface area contributed by atoms with Crippen molar-refractivity contribution in [1.29, 1.82) is 0 Å². The molecule has 2 aromatic rings. The molecule has 2 N–H and O–H groups in total. The third-order valence-corrected chi connectivity index (χ3v) is 8.76. The molecule has 0 fully saturated rings. The van der Waals surface area contributed by atoms with Gasteiger partial charge in [0, 0.05) is 13.2 Å². The molecule has 0 bridgehead atoms. The topological polar surface area (TPSA) is 40.5 Å². The average Bonchev–Trinajstić information content (AvgIpc) is 2.49. The predicted molar refractivity (Wildman–Crippen MR) is 81.7 cm³/mol. The molecule has 2 nitrogen and oxygen atoms in total. The van der Waals surface area contributed by atoms with Gasteiger partial charge in [0.2, 0.25) is 0 Å². The average molecular weight is 272 g/mol. The van der Waals surface area contributed by atoms with Crippen LogP contribution in [-0.4, -0.2) is 31.5 Å². The zero-order valence-corrected chi connectivity index (χ0v) is 12.0. The first-order valence-electron chi connectivity index (χ1n) is 6.66. The van der Waals surface area contributed by atoms with Crippen LogP contribution in [-0.2, 0) is 0 Å². The third kappa shape index (κ3) is 2.95. The van der Waals surface area contributed by atoms with Gasteiger partial charge < -0.3 is 10.2 Å². The van der Waals surface area contributed by atoms with Crippen LogP contribution >= 0.6 is 0 Å². The minimum absolute atomic E-state index is 0.163. The van der Waals surface area contributed by atoms with E-state index in [4.69, 9.17) is 0 Å². The van der Waals surface area contributed by atoms with Crippen molar-refractivity contribution in [1.82, 2.24) is 0 Å². The molecule has 0 aliphatic carbocycles. The van der Waals surface area contributed by atoms with E-state index < -0.39 is 8.07 Å². The molecule has 0 heterocycles. The largest absolute Gasteiger partial charge is 0.397 e. The van der Waals surface area contributed by atoms with Gasteiger partial charge in [-0.2, -0.15) is 0 Å². The molecule has 0 radical (unpaired) electrons. The monoisotopic (exact) mass is 272 g/mol. The smallest absolute Gasteiger partial charge is 0.122 e. The summed E-state index contributed by atoms with van der Waals surface area (Å²) in [5.41, 5.74) is 0. The van der Waals surface area contributed by atoms with E-state index in [1.165, 1.54) is 10.4 Å². The lowest BCUT2D eigenvalue weighted by atomic mass is 10.4. The van der Waals surface area contributed by atoms with Gasteiger partial charge in [-0.05, 0) is 12.1 Å². The van der Waals surface area contributed by atoms with E-state index in [-0.39, 0.29) is 13.2 Å². The highest BCUT2D eigenvalue weighted by molar-refractivity contribution is 7.02. The van der Waals surface area contributed by atoms with Gasteiger partial charge in [-0.15, -0.1) is 0 Å². The number of hydrogen-bond acceptors (Lipinski definition) is 2. The fourth-order valence-electron chi connectivity index (χ4n) is 2.77. The Morgan fingerprint density at radius 3 is 1.32 bits per heavy atom. The lowest BCUT2D eigenvalue weighted by Crippen LogP contribution is -2.59. The number of aliphatic hydroxyl groups is 2. The van der Waals surface area contributed by atoms with Gasteiger partial charge >= 0.3 is 0 Å². The molecular formula is C16H20O2Si. The lowest BCUT2D eigenvalue weighted by Gasteiger charge is -2.32. The third-order valence-electron chi connectivity index (χ3n) is 3.73. The molecule has 0 aromatic heterocycles. The Bertz CT molecular complexity index is 437. The van der Waals surface area contributed by atoms with Gasteiger partial charge in [0.1, 0.15) is 8.07 Å². The van der Waals surface area contributed by atoms with Gasteiger partial charge in [-0.1, -0.05) is 71.0 Å². The van der Waals surface area contributed by atoms with E-state index >= 15 is 0 Å². The molecule has 0 saturated carbocycles. The van der Waals surface area contributed by atoms with Crippen LogP contribution < -0.4 is 10.4 Å². The first-order chi connectivity index (χ1) is 9.33. The Kier molecular flexibility index (Phi) is 4.91. The normalized spacial score (nSPS) is 11.5. The van der Waals surface area contributed by atoms with Crippen LogP contribution in [0.4, 0.5) is 0 Å². The minimum atomic E-state index is -2.05. The second-order valence-corrected chi connectivity index (χ2v) is 9.08. The highest BCUT2D eigenvalue weighted by Gasteiger charge is 2.35. The van der Waals surface area contributed by atoms with Crippen molar-refractivity contribution in [3.8, 4) is 0 Å². The molecule has 0 unspecified atom stereocenters. The first kappa shape index (κ1) is 14.0. The molecule has 2 aromatic carbocycles. The zero-order chi connectivity index (χ0) is 13.6. The summed E-state index contributed by atoms with van der Waals surface area (Å²) in [6.45, 7) is 0.325. The number of rotatable bonds is 6. The van der Waals surface area contributed by atoms with Crippen molar-refractivity contribution in [3.05, 3.63) is 60.7 Å². The maximum absolute atomic E-state index is 9.50. The fourth-order valence-corrected chi connectivity index (χ4v) is 6.93. The minimum Gasteiger partial charge on any atom is -0.397 e. The summed E-state index contributed by atoms with van der Waals surface area (Å²) in [5, 5.41) is 21.6. The Labute approximate surface area is 115 Å². The van der Waals surface area contributed by atoms with Crippen LogP contribution in [0.3, 0.4) is 0 Å². The number of aliphatic hydroxyl groups excluding tert-OH is 2. The van der Waals surface area contributed by atoms with E-state index in [0.29, 0.717) is 0 Å². The summed E-state index contributed by atoms with van der Waals surface area (Å²) < 4.78 is 0. The Morgan fingerprint density at radius 1 is 0.632 bits per heavy atom. The Balaban J connectivity index is 2.54. The predicted octanol–water partition coefficient (Wildman–Crippen LogP) is 1.23. The Hall–Kier alpha value is -1.42. The molecule has 0 spiro atoms. The summed E-state index contributed by atoms with van der Waals surface area (Å²) in [6, 6.07) is 22.2. The van der Waals surface area contributed by atoms with Gasteiger partial charge in [0.25, 0.3) is 0 Å². The molecule has 0 amide bonds. The first-order valence-corrected chi connectivity index (χ1v) is 9.08. The molecular weight excluding hydrogens is 252 g/mol. The molecule has 2 rings (SSSR count).